The number of hydrogen-bond donors (Lipinski definition) is 0. The second kappa shape index (κ2) is 8.67. The highest BCUT2D eigenvalue weighted by Crippen LogP contribution is 2.28. The zero-order chi connectivity index (χ0) is 19.3. The van der Waals surface area contributed by atoms with Crippen LogP contribution in [0.5, 0.6) is 0 Å². The number of hydrogen-bond acceptors (Lipinski definition) is 4. The van der Waals surface area contributed by atoms with Gasteiger partial charge in [0.1, 0.15) is 0 Å². The van der Waals surface area contributed by atoms with Crippen molar-refractivity contribution in [3.8, 4) is 0 Å². The van der Waals surface area contributed by atoms with Crippen LogP contribution in [0.4, 0.5) is 5.69 Å². The van der Waals surface area contributed by atoms with Gasteiger partial charge in [-0.15, -0.1) is 0 Å². The molecule has 0 saturated carbocycles. The molecule has 4 rings (SSSR count). The van der Waals surface area contributed by atoms with E-state index >= 15 is 0 Å². The van der Waals surface area contributed by atoms with Gasteiger partial charge in [-0.1, -0.05) is 42.5 Å². The molecule has 2 aromatic carbocycles. The monoisotopic (exact) mass is 377 g/mol. The van der Waals surface area contributed by atoms with Crippen LogP contribution in [-0.4, -0.2) is 60.8 Å². The molecule has 2 aliphatic heterocycles. The smallest absolute Gasteiger partial charge is 0.299 e. The summed E-state index contributed by atoms with van der Waals surface area (Å²) >= 11 is 0. The normalized spacial score (nSPS) is 18.4. The largest absolute Gasteiger partial charge is 0.305 e. The van der Waals surface area contributed by atoms with Gasteiger partial charge in [0.25, 0.3) is 11.7 Å². The summed E-state index contributed by atoms with van der Waals surface area (Å²) in [6, 6.07) is 17.9. The number of ketones is 1. The van der Waals surface area contributed by atoms with Crippen molar-refractivity contribution >= 4 is 17.4 Å². The van der Waals surface area contributed by atoms with Gasteiger partial charge in [-0.2, -0.15) is 0 Å². The van der Waals surface area contributed by atoms with Crippen molar-refractivity contribution in [1.82, 2.24) is 9.80 Å². The lowest BCUT2D eigenvalue weighted by atomic mass is 10.1. The van der Waals surface area contributed by atoms with Gasteiger partial charge in [0.05, 0.1) is 11.3 Å². The molecule has 2 heterocycles. The predicted octanol–water partition coefficient (Wildman–Crippen LogP) is 2.81. The van der Waals surface area contributed by atoms with E-state index in [4.69, 9.17) is 0 Å². The van der Waals surface area contributed by atoms with E-state index in [-0.39, 0.29) is 11.7 Å². The Kier molecular flexibility index (Phi) is 5.84. The van der Waals surface area contributed by atoms with Crippen molar-refractivity contribution in [2.45, 2.75) is 19.4 Å². The van der Waals surface area contributed by atoms with Gasteiger partial charge >= 0.3 is 0 Å². The summed E-state index contributed by atoms with van der Waals surface area (Å²) in [5.74, 6) is -0.756. The van der Waals surface area contributed by atoms with Crippen LogP contribution < -0.4 is 4.90 Å². The Bertz CT molecular complexity index is 837. The molecule has 0 radical (unpaired) electrons. The third-order valence-corrected chi connectivity index (χ3v) is 5.67. The number of rotatable bonds is 6. The molecule has 0 aliphatic carbocycles. The molecule has 2 aromatic rings. The lowest BCUT2D eigenvalue weighted by Crippen LogP contribution is -2.35. The maximum Gasteiger partial charge on any atom is 0.299 e. The molecule has 2 aliphatic rings. The van der Waals surface area contributed by atoms with E-state index in [1.165, 1.54) is 5.56 Å². The van der Waals surface area contributed by atoms with Crippen LogP contribution in [0.1, 0.15) is 28.8 Å². The topological polar surface area (TPSA) is 43.9 Å². The molecule has 0 aromatic heterocycles. The summed E-state index contributed by atoms with van der Waals surface area (Å²) < 4.78 is 0. The maximum atomic E-state index is 12.3. The van der Waals surface area contributed by atoms with E-state index < -0.39 is 0 Å². The van der Waals surface area contributed by atoms with E-state index in [0.717, 1.165) is 57.8 Å². The van der Waals surface area contributed by atoms with Crippen molar-refractivity contribution in [2.24, 2.45) is 0 Å². The van der Waals surface area contributed by atoms with Crippen molar-refractivity contribution in [2.75, 3.05) is 44.2 Å². The molecular formula is C23H27N3O2. The van der Waals surface area contributed by atoms with Crippen LogP contribution in [-0.2, 0) is 11.3 Å². The first-order valence-corrected chi connectivity index (χ1v) is 10.2. The third-order valence-electron chi connectivity index (χ3n) is 5.67. The molecule has 5 heteroatoms. The highest BCUT2D eigenvalue weighted by Gasteiger charge is 2.34. The van der Waals surface area contributed by atoms with Gasteiger partial charge in [-0.05, 0) is 50.2 Å². The molecule has 146 valence electrons. The van der Waals surface area contributed by atoms with E-state index in [1.807, 2.05) is 18.2 Å². The Balaban J connectivity index is 1.26. The van der Waals surface area contributed by atoms with Crippen LogP contribution >= 0.6 is 0 Å². The van der Waals surface area contributed by atoms with Gasteiger partial charge in [0.2, 0.25) is 0 Å². The Labute approximate surface area is 166 Å². The highest BCUT2D eigenvalue weighted by molar-refractivity contribution is 6.52. The zero-order valence-electron chi connectivity index (χ0n) is 16.2. The summed E-state index contributed by atoms with van der Waals surface area (Å²) in [6.07, 6.45) is 2.04. The standard InChI is InChI=1S/C23H27N3O2/c27-22-20-10-4-5-11-21(20)26(23(22)28)15-7-13-24-12-6-14-25(17-16-24)18-19-8-2-1-3-9-19/h1-5,8-11H,6-7,12-18H2. The minimum Gasteiger partial charge on any atom is -0.305 e. The minimum absolute atomic E-state index is 0.373. The first-order chi connectivity index (χ1) is 13.7. The second-order valence-corrected chi connectivity index (χ2v) is 7.61. The summed E-state index contributed by atoms with van der Waals surface area (Å²) in [5.41, 5.74) is 2.67. The highest BCUT2D eigenvalue weighted by atomic mass is 16.2. The fourth-order valence-corrected chi connectivity index (χ4v) is 4.17. The number of Topliss-reactive ketones (excluding diaryl/α,β-unsaturated/α-hetero) is 1. The Morgan fingerprint density at radius 1 is 0.750 bits per heavy atom. The van der Waals surface area contributed by atoms with E-state index in [2.05, 4.69) is 40.1 Å². The van der Waals surface area contributed by atoms with Gasteiger partial charge in [0.15, 0.2) is 0 Å². The summed E-state index contributed by atoms with van der Waals surface area (Å²) in [6.45, 7) is 6.91. The Morgan fingerprint density at radius 2 is 1.46 bits per heavy atom. The van der Waals surface area contributed by atoms with Crippen LogP contribution in [0, 0.1) is 0 Å². The molecule has 0 N–H and O–H groups in total. The van der Waals surface area contributed by atoms with E-state index in [1.54, 1.807) is 11.0 Å². The average molecular weight is 377 g/mol. The quantitative estimate of drug-likeness (QED) is 0.726. The van der Waals surface area contributed by atoms with Crippen molar-refractivity contribution in [3.05, 3.63) is 65.7 Å². The summed E-state index contributed by atoms with van der Waals surface area (Å²) in [4.78, 5) is 31.0. The average Bonchev–Trinajstić information content (AvgIpc) is 2.87. The molecule has 0 atom stereocenters. The SMILES string of the molecule is O=C1C(=O)N(CCCN2CCCN(Cc3ccccc3)CC2)c2ccccc21. The molecule has 1 amide bonds. The van der Waals surface area contributed by atoms with Crippen LogP contribution in [0.25, 0.3) is 0 Å². The number of fused-ring (bicyclic) bond motifs is 1. The summed E-state index contributed by atoms with van der Waals surface area (Å²) in [5, 5.41) is 0. The van der Waals surface area contributed by atoms with E-state index in [9.17, 15) is 9.59 Å². The molecule has 0 unspecified atom stereocenters. The van der Waals surface area contributed by atoms with Crippen molar-refractivity contribution < 1.29 is 9.59 Å². The molecule has 0 spiro atoms. The number of benzene rings is 2. The zero-order valence-corrected chi connectivity index (χ0v) is 16.2. The Hall–Kier alpha value is -2.50. The molecule has 1 fully saturated rings. The minimum atomic E-state index is -0.383. The van der Waals surface area contributed by atoms with Gasteiger partial charge in [-0.25, -0.2) is 0 Å². The second-order valence-electron chi connectivity index (χ2n) is 7.61. The van der Waals surface area contributed by atoms with Gasteiger partial charge < -0.3 is 9.80 Å². The Morgan fingerprint density at radius 3 is 2.32 bits per heavy atom. The fourth-order valence-electron chi connectivity index (χ4n) is 4.17. The first-order valence-electron chi connectivity index (χ1n) is 10.2. The first kappa shape index (κ1) is 18.8. The molecule has 5 nitrogen and oxygen atoms in total. The van der Waals surface area contributed by atoms with Crippen LogP contribution in [0.2, 0.25) is 0 Å². The van der Waals surface area contributed by atoms with E-state index in [0.29, 0.717) is 12.1 Å². The molecular weight excluding hydrogens is 350 g/mol. The third kappa shape index (κ3) is 4.16. The number of anilines is 1. The predicted molar refractivity (Wildman–Crippen MR) is 111 cm³/mol. The van der Waals surface area contributed by atoms with Crippen LogP contribution in [0.3, 0.4) is 0 Å². The van der Waals surface area contributed by atoms with Crippen LogP contribution in [0.15, 0.2) is 54.6 Å². The molecule has 28 heavy (non-hydrogen) atoms. The lowest BCUT2D eigenvalue weighted by molar-refractivity contribution is -0.114. The number of para-hydroxylation sites is 1. The number of carbonyl (C=O) groups is 2. The van der Waals surface area contributed by atoms with Crippen molar-refractivity contribution in [1.29, 1.82) is 0 Å². The molecule has 0 bridgehead atoms. The number of carbonyl (C=O) groups excluding carboxylic acids is 2. The fraction of sp³-hybridized carbons (Fsp3) is 0.391. The lowest BCUT2D eigenvalue weighted by Gasteiger charge is -2.23. The number of nitrogens with zero attached hydrogens (tertiary/aromatic N) is 3. The van der Waals surface area contributed by atoms with Gasteiger partial charge in [0, 0.05) is 26.2 Å². The maximum absolute atomic E-state index is 12.3. The van der Waals surface area contributed by atoms with Crippen molar-refractivity contribution in [3.63, 3.8) is 0 Å². The van der Waals surface area contributed by atoms with Gasteiger partial charge in [-0.3, -0.25) is 14.5 Å². The number of amides is 1. The molecule has 1 saturated heterocycles. The summed E-state index contributed by atoms with van der Waals surface area (Å²) in [7, 11) is 0.